The summed E-state index contributed by atoms with van der Waals surface area (Å²) in [4.78, 5) is 32.4. The third-order valence-corrected chi connectivity index (χ3v) is 3.17. The number of carbonyl (C=O) groups is 2. The predicted octanol–water partition coefficient (Wildman–Crippen LogP) is 2.26. The van der Waals surface area contributed by atoms with Crippen molar-refractivity contribution >= 4 is 17.6 Å². The number of carbonyl (C=O) groups excluding carboxylic acids is 2. The van der Waals surface area contributed by atoms with Crippen LogP contribution in [0.15, 0.2) is 42.7 Å². The summed E-state index contributed by atoms with van der Waals surface area (Å²) in [6.45, 7) is 3.87. The van der Waals surface area contributed by atoms with E-state index in [9.17, 15) is 9.59 Å². The number of hydrogen-bond acceptors (Lipinski definition) is 4. The van der Waals surface area contributed by atoms with Crippen LogP contribution in [-0.4, -0.2) is 27.8 Å². The van der Waals surface area contributed by atoms with E-state index in [-0.39, 0.29) is 29.4 Å². The summed E-state index contributed by atoms with van der Waals surface area (Å²) in [5.41, 5.74) is 0.591. The summed E-state index contributed by atoms with van der Waals surface area (Å²) in [7, 11) is 0. The third kappa shape index (κ3) is 3.88. The maximum atomic E-state index is 12.2. The van der Waals surface area contributed by atoms with Gasteiger partial charge in [0, 0.05) is 24.0 Å². The smallest absolute Gasteiger partial charge is 0.273 e. The largest absolute Gasteiger partial charge is 0.348 e. The Morgan fingerprint density at radius 2 is 1.77 bits per heavy atom. The molecule has 0 fully saturated rings. The fraction of sp³-hybridized carbons (Fsp3) is 0.250. The van der Waals surface area contributed by atoms with Crippen LogP contribution in [0.4, 0.5) is 5.82 Å². The van der Waals surface area contributed by atoms with Gasteiger partial charge in [0.05, 0.1) is 0 Å². The third-order valence-electron chi connectivity index (χ3n) is 3.17. The van der Waals surface area contributed by atoms with Crippen LogP contribution in [0.3, 0.4) is 0 Å². The predicted molar refractivity (Wildman–Crippen MR) is 83.6 cm³/mol. The van der Waals surface area contributed by atoms with Crippen molar-refractivity contribution < 1.29 is 9.59 Å². The fourth-order valence-electron chi connectivity index (χ4n) is 1.76. The molecule has 1 aromatic heterocycles. The lowest BCUT2D eigenvalue weighted by Crippen LogP contribution is -2.33. The van der Waals surface area contributed by atoms with Gasteiger partial charge in [-0.05, 0) is 25.5 Å². The van der Waals surface area contributed by atoms with Gasteiger partial charge >= 0.3 is 0 Å². The van der Waals surface area contributed by atoms with Gasteiger partial charge in [-0.3, -0.25) is 9.59 Å². The topological polar surface area (TPSA) is 84.0 Å². The Hall–Kier alpha value is -2.76. The molecule has 0 aliphatic rings. The van der Waals surface area contributed by atoms with Crippen LogP contribution in [0.5, 0.6) is 0 Å². The minimum atomic E-state index is -0.356. The quantitative estimate of drug-likeness (QED) is 0.886. The second-order valence-electron chi connectivity index (χ2n) is 4.86. The van der Waals surface area contributed by atoms with Gasteiger partial charge in [0.2, 0.25) is 0 Å². The average Bonchev–Trinajstić information content (AvgIpc) is 2.55. The fourth-order valence-corrected chi connectivity index (χ4v) is 1.76. The van der Waals surface area contributed by atoms with Crippen molar-refractivity contribution in [2.75, 3.05) is 5.32 Å². The molecule has 2 aromatic rings. The highest BCUT2D eigenvalue weighted by Gasteiger charge is 2.17. The molecule has 0 saturated carbocycles. The standard InChI is InChI=1S/C16H18N4O2/c1-3-11(2)19-16(22)13-14(18-10-9-17-13)20-15(21)12-7-5-4-6-8-12/h4-11H,3H2,1-2H3,(H,19,22)(H,18,20,21)/t11-/m0/s1. The van der Waals surface area contributed by atoms with Crippen LogP contribution in [0.2, 0.25) is 0 Å². The molecule has 0 radical (unpaired) electrons. The van der Waals surface area contributed by atoms with Crippen LogP contribution in [0, 0.1) is 0 Å². The number of benzene rings is 1. The van der Waals surface area contributed by atoms with Crippen LogP contribution in [0.1, 0.15) is 41.1 Å². The van der Waals surface area contributed by atoms with E-state index >= 15 is 0 Å². The molecule has 0 spiro atoms. The number of nitrogens with zero attached hydrogens (tertiary/aromatic N) is 2. The summed E-state index contributed by atoms with van der Waals surface area (Å²) in [5.74, 6) is -0.540. The van der Waals surface area contributed by atoms with Gasteiger partial charge in [-0.15, -0.1) is 0 Å². The maximum Gasteiger partial charge on any atom is 0.273 e. The van der Waals surface area contributed by atoms with E-state index in [2.05, 4.69) is 20.6 Å². The molecule has 0 aliphatic heterocycles. The molecule has 6 nitrogen and oxygen atoms in total. The average molecular weight is 298 g/mol. The molecular weight excluding hydrogens is 280 g/mol. The van der Waals surface area contributed by atoms with Crippen molar-refractivity contribution in [2.24, 2.45) is 0 Å². The van der Waals surface area contributed by atoms with E-state index in [1.807, 2.05) is 19.9 Å². The van der Waals surface area contributed by atoms with Gasteiger partial charge in [0.25, 0.3) is 11.8 Å². The van der Waals surface area contributed by atoms with Gasteiger partial charge in [-0.1, -0.05) is 25.1 Å². The number of anilines is 1. The van der Waals surface area contributed by atoms with Crippen LogP contribution in [-0.2, 0) is 0 Å². The lowest BCUT2D eigenvalue weighted by molar-refractivity contribution is 0.0935. The Balaban J connectivity index is 2.18. The van der Waals surface area contributed by atoms with E-state index in [0.29, 0.717) is 5.56 Å². The van der Waals surface area contributed by atoms with E-state index in [4.69, 9.17) is 0 Å². The van der Waals surface area contributed by atoms with E-state index in [0.717, 1.165) is 6.42 Å². The van der Waals surface area contributed by atoms with Crippen LogP contribution in [0.25, 0.3) is 0 Å². The Labute approximate surface area is 129 Å². The molecule has 1 atom stereocenters. The maximum absolute atomic E-state index is 12.2. The molecule has 0 bridgehead atoms. The first kappa shape index (κ1) is 15.6. The molecule has 2 amide bonds. The van der Waals surface area contributed by atoms with Gasteiger partial charge in [0.1, 0.15) is 0 Å². The van der Waals surface area contributed by atoms with Crippen molar-refractivity contribution in [3.8, 4) is 0 Å². The highest BCUT2D eigenvalue weighted by Crippen LogP contribution is 2.11. The number of rotatable bonds is 5. The number of amides is 2. The van der Waals surface area contributed by atoms with E-state index in [1.165, 1.54) is 12.4 Å². The van der Waals surface area contributed by atoms with Gasteiger partial charge in [0.15, 0.2) is 11.5 Å². The molecule has 1 heterocycles. The van der Waals surface area contributed by atoms with Gasteiger partial charge in [-0.2, -0.15) is 0 Å². The Morgan fingerprint density at radius 1 is 1.09 bits per heavy atom. The first-order chi connectivity index (χ1) is 10.6. The minimum absolute atomic E-state index is 0.0205. The summed E-state index contributed by atoms with van der Waals surface area (Å²) in [6.07, 6.45) is 3.65. The van der Waals surface area contributed by atoms with Crippen LogP contribution >= 0.6 is 0 Å². The zero-order chi connectivity index (χ0) is 15.9. The monoisotopic (exact) mass is 298 g/mol. The van der Waals surface area contributed by atoms with Crippen molar-refractivity contribution in [2.45, 2.75) is 26.3 Å². The van der Waals surface area contributed by atoms with Crippen LogP contribution < -0.4 is 10.6 Å². The summed E-state index contributed by atoms with van der Waals surface area (Å²) >= 11 is 0. The van der Waals surface area contributed by atoms with Crippen molar-refractivity contribution in [1.29, 1.82) is 0 Å². The molecule has 6 heteroatoms. The molecule has 114 valence electrons. The van der Waals surface area contributed by atoms with Gasteiger partial charge in [-0.25, -0.2) is 9.97 Å². The Bertz CT molecular complexity index is 658. The molecule has 0 unspecified atom stereocenters. The molecular formula is C16H18N4O2. The number of aromatic nitrogens is 2. The summed E-state index contributed by atoms with van der Waals surface area (Å²) < 4.78 is 0. The minimum Gasteiger partial charge on any atom is -0.348 e. The molecule has 2 rings (SSSR count). The van der Waals surface area contributed by atoms with Crippen molar-refractivity contribution in [3.63, 3.8) is 0 Å². The Kier molecular flexibility index (Phi) is 5.19. The van der Waals surface area contributed by atoms with Crippen molar-refractivity contribution in [3.05, 3.63) is 54.0 Å². The lowest BCUT2D eigenvalue weighted by Gasteiger charge is -2.13. The highest BCUT2D eigenvalue weighted by atomic mass is 16.2. The van der Waals surface area contributed by atoms with Gasteiger partial charge < -0.3 is 10.6 Å². The number of hydrogen-bond donors (Lipinski definition) is 2. The second-order valence-corrected chi connectivity index (χ2v) is 4.86. The van der Waals surface area contributed by atoms with E-state index < -0.39 is 0 Å². The van der Waals surface area contributed by atoms with Crippen molar-refractivity contribution in [1.82, 2.24) is 15.3 Å². The second kappa shape index (κ2) is 7.31. The molecule has 1 aromatic carbocycles. The normalized spacial score (nSPS) is 11.5. The van der Waals surface area contributed by atoms with E-state index in [1.54, 1.807) is 24.3 Å². The first-order valence-electron chi connectivity index (χ1n) is 7.10. The number of nitrogens with one attached hydrogen (secondary N) is 2. The highest BCUT2D eigenvalue weighted by molar-refractivity contribution is 6.07. The molecule has 22 heavy (non-hydrogen) atoms. The Morgan fingerprint density at radius 3 is 2.45 bits per heavy atom. The molecule has 0 saturated heterocycles. The SMILES string of the molecule is CC[C@H](C)NC(=O)c1nccnc1NC(=O)c1ccccc1. The zero-order valence-corrected chi connectivity index (χ0v) is 12.5. The summed E-state index contributed by atoms with van der Waals surface area (Å²) in [5, 5.41) is 5.43. The molecule has 0 aliphatic carbocycles. The molecule has 2 N–H and O–H groups in total. The summed E-state index contributed by atoms with van der Waals surface area (Å²) in [6, 6.07) is 8.75. The first-order valence-corrected chi connectivity index (χ1v) is 7.10. The lowest BCUT2D eigenvalue weighted by atomic mass is 10.2. The zero-order valence-electron chi connectivity index (χ0n) is 12.5.